The maximum Gasteiger partial charge on any atom is 0.220 e. The molecule has 1 aromatic heterocycles. The molecule has 7 heteroatoms. The Bertz CT molecular complexity index is 402. The zero-order chi connectivity index (χ0) is 13.4. The Morgan fingerprint density at radius 2 is 2.17 bits per heavy atom. The third-order valence-corrected chi connectivity index (χ3v) is 2.53. The lowest BCUT2D eigenvalue weighted by atomic mass is 10.2. The molecular weight excluding hydrogens is 234 g/mol. The van der Waals surface area contributed by atoms with E-state index in [9.17, 15) is 9.59 Å². The lowest BCUT2D eigenvalue weighted by Crippen LogP contribution is -2.17. The van der Waals surface area contributed by atoms with Gasteiger partial charge >= 0.3 is 0 Å². The van der Waals surface area contributed by atoms with E-state index in [0.29, 0.717) is 25.8 Å². The number of nitrogens with two attached hydrogens (primary N) is 1. The number of primary amides is 1. The molecule has 1 rings (SSSR count). The van der Waals surface area contributed by atoms with Gasteiger partial charge in [-0.1, -0.05) is 5.21 Å². The Hall–Kier alpha value is -1.92. The molecule has 0 saturated carbocycles. The van der Waals surface area contributed by atoms with Crippen LogP contribution in [-0.2, 0) is 22.6 Å². The van der Waals surface area contributed by atoms with E-state index in [4.69, 9.17) is 5.73 Å². The Morgan fingerprint density at radius 1 is 1.39 bits per heavy atom. The summed E-state index contributed by atoms with van der Waals surface area (Å²) >= 11 is 0. The van der Waals surface area contributed by atoms with E-state index < -0.39 is 0 Å². The van der Waals surface area contributed by atoms with E-state index >= 15 is 0 Å². The van der Waals surface area contributed by atoms with Crippen LogP contribution in [0.5, 0.6) is 0 Å². The Morgan fingerprint density at radius 3 is 2.83 bits per heavy atom. The number of amides is 2. The maximum atomic E-state index is 11.1. The van der Waals surface area contributed by atoms with E-state index in [-0.39, 0.29) is 11.8 Å². The summed E-state index contributed by atoms with van der Waals surface area (Å²) < 4.78 is 1.72. The van der Waals surface area contributed by atoms with Crippen LogP contribution in [0.1, 0.15) is 31.4 Å². The number of hydrogen-bond donors (Lipinski definition) is 2. The van der Waals surface area contributed by atoms with Gasteiger partial charge < -0.3 is 11.1 Å². The summed E-state index contributed by atoms with van der Waals surface area (Å²) in [6.07, 6.45) is 4.81. The summed E-state index contributed by atoms with van der Waals surface area (Å²) in [7, 11) is 1.61. The van der Waals surface area contributed by atoms with Gasteiger partial charge in [-0.3, -0.25) is 14.3 Å². The quantitative estimate of drug-likeness (QED) is 0.616. The zero-order valence-electron chi connectivity index (χ0n) is 10.6. The molecule has 100 valence electrons. The van der Waals surface area contributed by atoms with Gasteiger partial charge in [0.15, 0.2) is 0 Å². The third-order valence-electron chi connectivity index (χ3n) is 2.53. The van der Waals surface area contributed by atoms with E-state index in [2.05, 4.69) is 15.6 Å². The number of nitrogens with one attached hydrogen (secondary N) is 1. The molecule has 0 bridgehead atoms. The van der Waals surface area contributed by atoms with Gasteiger partial charge in [-0.05, 0) is 12.8 Å². The average Bonchev–Trinajstić information content (AvgIpc) is 2.79. The molecule has 0 fully saturated rings. The first-order chi connectivity index (χ1) is 8.61. The molecule has 3 N–H and O–H groups in total. The Balaban J connectivity index is 2.25. The van der Waals surface area contributed by atoms with Crippen molar-refractivity contribution in [3.8, 4) is 0 Å². The second-order valence-corrected chi connectivity index (χ2v) is 4.07. The second-order valence-electron chi connectivity index (χ2n) is 4.07. The first kappa shape index (κ1) is 14.1. The van der Waals surface area contributed by atoms with Crippen molar-refractivity contribution in [3.05, 3.63) is 11.9 Å². The molecule has 0 radical (unpaired) electrons. The van der Waals surface area contributed by atoms with Crippen LogP contribution in [0, 0.1) is 0 Å². The average molecular weight is 253 g/mol. The van der Waals surface area contributed by atoms with Gasteiger partial charge in [0.2, 0.25) is 11.8 Å². The van der Waals surface area contributed by atoms with Crippen molar-refractivity contribution >= 4 is 11.8 Å². The van der Waals surface area contributed by atoms with Gasteiger partial charge in [0.05, 0.1) is 5.69 Å². The maximum absolute atomic E-state index is 11.1. The van der Waals surface area contributed by atoms with Gasteiger partial charge in [0.25, 0.3) is 0 Å². The lowest BCUT2D eigenvalue weighted by Gasteiger charge is -1.98. The molecule has 0 saturated heterocycles. The molecule has 0 aliphatic rings. The number of aryl methyl sites for hydroxylation is 2. The van der Waals surface area contributed by atoms with Crippen molar-refractivity contribution in [1.29, 1.82) is 0 Å². The summed E-state index contributed by atoms with van der Waals surface area (Å²) in [5.74, 6) is -0.286. The summed E-state index contributed by atoms with van der Waals surface area (Å²) in [4.78, 5) is 21.6. The van der Waals surface area contributed by atoms with Crippen LogP contribution < -0.4 is 11.1 Å². The minimum Gasteiger partial charge on any atom is -0.370 e. The number of unbranched alkanes of at least 4 members (excludes halogenated alkanes) is 1. The molecule has 18 heavy (non-hydrogen) atoms. The summed E-state index contributed by atoms with van der Waals surface area (Å²) in [5, 5.41) is 10.5. The number of nitrogens with zero attached hydrogens (tertiary/aromatic N) is 3. The number of carbonyl (C=O) groups is 2. The molecule has 0 unspecified atom stereocenters. The number of hydrogen-bond acceptors (Lipinski definition) is 4. The highest BCUT2D eigenvalue weighted by Gasteiger charge is 2.04. The molecule has 1 aromatic rings. The van der Waals surface area contributed by atoms with Crippen molar-refractivity contribution < 1.29 is 9.59 Å². The van der Waals surface area contributed by atoms with Gasteiger partial charge in [0.1, 0.15) is 0 Å². The number of carbonyl (C=O) groups excluding carboxylic acids is 2. The summed E-state index contributed by atoms with van der Waals surface area (Å²) in [6.45, 7) is 0.709. The molecule has 0 aromatic carbocycles. The molecule has 7 nitrogen and oxygen atoms in total. The normalized spacial score (nSPS) is 10.3. The van der Waals surface area contributed by atoms with Gasteiger partial charge in [0, 0.05) is 39.1 Å². The molecule has 0 aliphatic carbocycles. The van der Waals surface area contributed by atoms with E-state index in [1.165, 1.54) is 0 Å². The zero-order valence-corrected chi connectivity index (χ0v) is 10.6. The van der Waals surface area contributed by atoms with Gasteiger partial charge in [-0.2, -0.15) is 0 Å². The first-order valence-electron chi connectivity index (χ1n) is 5.99. The molecule has 2 amide bonds. The minimum atomic E-state index is -0.278. The van der Waals surface area contributed by atoms with Crippen LogP contribution in [0.2, 0.25) is 0 Å². The molecule has 1 heterocycles. The fourth-order valence-corrected chi connectivity index (χ4v) is 1.50. The van der Waals surface area contributed by atoms with E-state index in [1.807, 2.05) is 6.20 Å². The fraction of sp³-hybridized carbons (Fsp3) is 0.636. The topological polar surface area (TPSA) is 103 Å². The fourth-order valence-electron chi connectivity index (χ4n) is 1.50. The lowest BCUT2D eigenvalue weighted by molar-refractivity contribution is -0.120. The highest BCUT2D eigenvalue weighted by molar-refractivity contribution is 5.75. The number of rotatable bonds is 8. The first-order valence-corrected chi connectivity index (χ1v) is 5.99. The van der Waals surface area contributed by atoms with Crippen molar-refractivity contribution in [2.75, 3.05) is 7.05 Å². The van der Waals surface area contributed by atoms with Crippen LogP contribution in [0.4, 0.5) is 0 Å². The summed E-state index contributed by atoms with van der Waals surface area (Å²) in [6, 6.07) is 0. The summed E-state index contributed by atoms with van der Waals surface area (Å²) in [5.41, 5.74) is 5.85. The van der Waals surface area contributed by atoms with E-state index in [1.54, 1.807) is 11.7 Å². The molecule has 0 atom stereocenters. The third kappa shape index (κ3) is 5.42. The Labute approximate surface area is 106 Å². The Kier molecular flexibility index (Phi) is 5.83. The SMILES string of the molecule is CNC(=O)CCc1cn(CCCCC(N)=O)nn1. The molecule has 0 aliphatic heterocycles. The minimum absolute atomic E-state index is 0.00833. The van der Waals surface area contributed by atoms with Crippen LogP contribution >= 0.6 is 0 Å². The van der Waals surface area contributed by atoms with Crippen molar-refractivity contribution in [1.82, 2.24) is 20.3 Å². The second kappa shape index (κ2) is 7.41. The van der Waals surface area contributed by atoms with Gasteiger partial charge in [-0.15, -0.1) is 5.10 Å². The number of aromatic nitrogens is 3. The largest absolute Gasteiger partial charge is 0.370 e. The smallest absolute Gasteiger partial charge is 0.220 e. The highest BCUT2D eigenvalue weighted by atomic mass is 16.1. The van der Waals surface area contributed by atoms with Crippen LogP contribution in [0.25, 0.3) is 0 Å². The van der Waals surface area contributed by atoms with Crippen molar-refractivity contribution in [2.24, 2.45) is 5.73 Å². The van der Waals surface area contributed by atoms with Gasteiger partial charge in [-0.25, -0.2) is 0 Å². The highest BCUT2D eigenvalue weighted by Crippen LogP contribution is 2.01. The molecular formula is C11H19N5O2. The van der Waals surface area contributed by atoms with Crippen LogP contribution in [-0.4, -0.2) is 33.9 Å². The van der Waals surface area contributed by atoms with Crippen molar-refractivity contribution in [3.63, 3.8) is 0 Å². The monoisotopic (exact) mass is 253 g/mol. The predicted molar refractivity (Wildman–Crippen MR) is 65.5 cm³/mol. The van der Waals surface area contributed by atoms with E-state index in [0.717, 1.165) is 18.5 Å². The molecule has 0 spiro atoms. The standard InChI is InChI=1S/C11H19N5O2/c1-13-11(18)6-5-9-8-16(15-14-9)7-3-2-4-10(12)17/h8H,2-7H2,1H3,(H2,12,17)(H,13,18). The van der Waals surface area contributed by atoms with Crippen LogP contribution in [0.3, 0.4) is 0 Å². The van der Waals surface area contributed by atoms with Crippen LogP contribution in [0.15, 0.2) is 6.20 Å². The predicted octanol–water partition coefficient (Wildman–Crippen LogP) is -0.388. The van der Waals surface area contributed by atoms with Crippen molar-refractivity contribution in [2.45, 2.75) is 38.6 Å².